The van der Waals surface area contributed by atoms with Gasteiger partial charge in [-0.15, -0.1) is 0 Å². The summed E-state index contributed by atoms with van der Waals surface area (Å²) in [6.07, 6.45) is 3.61. The van der Waals surface area contributed by atoms with Gasteiger partial charge in [0.25, 0.3) is 5.56 Å². The molecule has 3 nitrogen and oxygen atoms in total. The number of H-pyrrole nitrogens is 1. The number of aromatic amines is 1. The first-order chi connectivity index (χ1) is 6.18. The Labute approximate surface area is 77.2 Å². The first kappa shape index (κ1) is 8.48. The molecular formula is C10H14N2O. The van der Waals surface area contributed by atoms with E-state index in [-0.39, 0.29) is 5.56 Å². The fourth-order valence-electron chi connectivity index (χ4n) is 1.54. The molecule has 0 amide bonds. The molecule has 13 heavy (non-hydrogen) atoms. The zero-order valence-electron chi connectivity index (χ0n) is 8.05. The van der Waals surface area contributed by atoms with Crippen LogP contribution in [0.3, 0.4) is 0 Å². The molecule has 1 aliphatic rings. The van der Waals surface area contributed by atoms with Crippen LogP contribution in [0.25, 0.3) is 0 Å². The summed E-state index contributed by atoms with van der Waals surface area (Å²) in [5, 5.41) is 0. The zero-order valence-corrected chi connectivity index (χ0v) is 8.05. The van der Waals surface area contributed by atoms with E-state index in [9.17, 15) is 4.79 Å². The van der Waals surface area contributed by atoms with Crippen LogP contribution in [-0.2, 0) is 0 Å². The fraction of sp³-hybridized carbons (Fsp3) is 0.600. The van der Waals surface area contributed by atoms with Crippen molar-refractivity contribution in [1.29, 1.82) is 0 Å². The first-order valence-electron chi connectivity index (χ1n) is 4.76. The zero-order chi connectivity index (χ0) is 9.42. The van der Waals surface area contributed by atoms with Crippen LogP contribution in [0.2, 0.25) is 0 Å². The van der Waals surface area contributed by atoms with E-state index in [2.05, 4.69) is 9.97 Å². The molecule has 2 rings (SSSR count). The van der Waals surface area contributed by atoms with Crippen molar-refractivity contribution in [2.24, 2.45) is 0 Å². The molecular weight excluding hydrogens is 164 g/mol. The van der Waals surface area contributed by atoms with E-state index in [4.69, 9.17) is 0 Å². The highest BCUT2D eigenvalue weighted by Gasteiger charge is 2.22. The highest BCUT2D eigenvalue weighted by Crippen LogP contribution is 2.33. The summed E-state index contributed by atoms with van der Waals surface area (Å²) in [5.74, 6) is 1.39. The molecule has 3 heteroatoms. The fourth-order valence-corrected chi connectivity index (χ4v) is 1.54. The van der Waals surface area contributed by atoms with Crippen molar-refractivity contribution in [3.8, 4) is 0 Å². The van der Waals surface area contributed by atoms with Crippen molar-refractivity contribution < 1.29 is 0 Å². The van der Waals surface area contributed by atoms with E-state index in [1.165, 1.54) is 19.3 Å². The van der Waals surface area contributed by atoms with Gasteiger partial charge in [0.05, 0.1) is 0 Å². The second-order valence-electron chi connectivity index (χ2n) is 3.79. The Morgan fingerprint density at radius 3 is 2.54 bits per heavy atom. The third-order valence-corrected chi connectivity index (χ3v) is 2.90. The second-order valence-corrected chi connectivity index (χ2v) is 3.79. The van der Waals surface area contributed by atoms with Gasteiger partial charge in [0.15, 0.2) is 0 Å². The van der Waals surface area contributed by atoms with Crippen molar-refractivity contribution in [3.05, 3.63) is 27.4 Å². The number of rotatable bonds is 1. The maximum Gasteiger partial charge on any atom is 0.254 e. The topological polar surface area (TPSA) is 45.8 Å². The lowest BCUT2D eigenvalue weighted by Crippen LogP contribution is -2.21. The van der Waals surface area contributed by atoms with Crippen LogP contribution in [0.5, 0.6) is 0 Å². The lowest BCUT2D eigenvalue weighted by Gasteiger charge is -2.24. The number of nitrogens with one attached hydrogen (secondary N) is 1. The standard InChI is InChI=1S/C10H14N2O/c1-6-7(2)11-9(12-10(6)13)8-4-3-5-8/h8H,3-5H2,1-2H3,(H,11,12,13). The molecule has 0 saturated heterocycles. The molecule has 1 N–H and O–H groups in total. The molecule has 0 spiro atoms. The SMILES string of the molecule is Cc1nc(C2CCC2)[nH]c(=O)c1C. The van der Waals surface area contributed by atoms with Crippen LogP contribution in [-0.4, -0.2) is 9.97 Å². The van der Waals surface area contributed by atoms with Gasteiger partial charge in [-0.2, -0.15) is 0 Å². The molecule has 0 aromatic carbocycles. The highest BCUT2D eigenvalue weighted by molar-refractivity contribution is 5.16. The van der Waals surface area contributed by atoms with E-state index in [0.717, 1.165) is 17.1 Å². The molecule has 1 fully saturated rings. The predicted molar refractivity (Wildman–Crippen MR) is 50.9 cm³/mol. The quantitative estimate of drug-likeness (QED) is 0.710. The molecule has 0 radical (unpaired) electrons. The number of hydrogen-bond acceptors (Lipinski definition) is 2. The van der Waals surface area contributed by atoms with Crippen molar-refractivity contribution in [1.82, 2.24) is 9.97 Å². The van der Waals surface area contributed by atoms with E-state index in [1.54, 1.807) is 0 Å². The van der Waals surface area contributed by atoms with Crippen LogP contribution < -0.4 is 5.56 Å². The summed E-state index contributed by atoms with van der Waals surface area (Å²) in [5.41, 5.74) is 1.63. The molecule has 1 saturated carbocycles. The summed E-state index contributed by atoms with van der Waals surface area (Å²) in [6, 6.07) is 0. The molecule has 0 aliphatic heterocycles. The number of hydrogen-bond donors (Lipinski definition) is 1. The van der Waals surface area contributed by atoms with E-state index < -0.39 is 0 Å². The van der Waals surface area contributed by atoms with Crippen molar-refractivity contribution in [3.63, 3.8) is 0 Å². The largest absolute Gasteiger partial charge is 0.310 e. The molecule has 70 valence electrons. The monoisotopic (exact) mass is 178 g/mol. The summed E-state index contributed by atoms with van der Waals surface area (Å²) < 4.78 is 0. The lowest BCUT2D eigenvalue weighted by atomic mass is 9.85. The predicted octanol–water partition coefficient (Wildman–Crippen LogP) is 1.65. The Morgan fingerprint density at radius 2 is 2.08 bits per heavy atom. The minimum atomic E-state index is 0.0226. The Kier molecular flexibility index (Phi) is 1.94. The Hall–Kier alpha value is -1.12. The molecule has 1 aliphatic carbocycles. The molecule has 1 aromatic rings. The van der Waals surface area contributed by atoms with Gasteiger partial charge >= 0.3 is 0 Å². The lowest BCUT2D eigenvalue weighted by molar-refractivity contribution is 0.399. The normalized spacial score (nSPS) is 17.1. The summed E-state index contributed by atoms with van der Waals surface area (Å²) >= 11 is 0. The van der Waals surface area contributed by atoms with Crippen molar-refractivity contribution >= 4 is 0 Å². The van der Waals surface area contributed by atoms with Gasteiger partial charge in [0.2, 0.25) is 0 Å². The van der Waals surface area contributed by atoms with E-state index in [0.29, 0.717) is 5.92 Å². The third kappa shape index (κ3) is 1.39. The molecule has 0 unspecified atom stereocenters. The molecule has 1 aromatic heterocycles. The van der Waals surface area contributed by atoms with Gasteiger partial charge in [-0.05, 0) is 26.7 Å². The average Bonchev–Trinajstić information content (AvgIpc) is 1.96. The minimum absolute atomic E-state index is 0.0226. The van der Waals surface area contributed by atoms with Crippen molar-refractivity contribution in [2.45, 2.75) is 39.0 Å². The van der Waals surface area contributed by atoms with E-state index in [1.807, 2.05) is 13.8 Å². The van der Waals surface area contributed by atoms with Gasteiger partial charge in [-0.3, -0.25) is 4.79 Å². The van der Waals surface area contributed by atoms with Crippen LogP contribution >= 0.6 is 0 Å². The van der Waals surface area contributed by atoms with Gasteiger partial charge in [-0.1, -0.05) is 6.42 Å². The van der Waals surface area contributed by atoms with Crippen LogP contribution in [0.1, 0.15) is 42.3 Å². The highest BCUT2D eigenvalue weighted by atomic mass is 16.1. The van der Waals surface area contributed by atoms with Gasteiger partial charge in [0, 0.05) is 17.2 Å². The number of nitrogens with zero attached hydrogens (tertiary/aromatic N) is 1. The van der Waals surface area contributed by atoms with Gasteiger partial charge in [0.1, 0.15) is 5.82 Å². The molecule has 0 bridgehead atoms. The average molecular weight is 178 g/mol. The molecule has 1 heterocycles. The van der Waals surface area contributed by atoms with Gasteiger partial charge < -0.3 is 4.98 Å². The number of aromatic nitrogens is 2. The molecule has 0 atom stereocenters. The Bertz CT molecular complexity index is 377. The maximum absolute atomic E-state index is 11.4. The van der Waals surface area contributed by atoms with Crippen LogP contribution in [0.4, 0.5) is 0 Å². The first-order valence-corrected chi connectivity index (χ1v) is 4.76. The van der Waals surface area contributed by atoms with Gasteiger partial charge in [-0.25, -0.2) is 4.98 Å². The Morgan fingerprint density at radius 1 is 1.38 bits per heavy atom. The smallest absolute Gasteiger partial charge is 0.254 e. The van der Waals surface area contributed by atoms with Crippen LogP contribution in [0, 0.1) is 13.8 Å². The summed E-state index contributed by atoms with van der Waals surface area (Å²) in [6.45, 7) is 3.71. The second kappa shape index (κ2) is 2.98. The third-order valence-electron chi connectivity index (χ3n) is 2.90. The van der Waals surface area contributed by atoms with E-state index >= 15 is 0 Å². The maximum atomic E-state index is 11.4. The Balaban J connectivity index is 2.43. The minimum Gasteiger partial charge on any atom is -0.310 e. The van der Waals surface area contributed by atoms with Crippen LogP contribution in [0.15, 0.2) is 4.79 Å². The van der Waals surface area contributed by atoms with Crippen molar-refractivity contribution in [2.75, 3.05) is 0 Å². The summed E-state index contributed by atoms with van der Waals surface area (Å²) in [4.78, 5) is 18.7. The summed E-state index contributed by atoms with van der Waals surface area (Å²) in [7, 11) is 0. The number of aryl methyl sites for hydroxylation is 1.